The fourth-order valence-corrected chi connectivity index (χ4v) is 3.51. The number of benzene rings is 1. The summed E-state index contributed by atoms with van der Waals surface area (Å²) in [5, 5.41) is 9.26. The van der Waals surface area contributed by atoms with E-state index in [1.807, 2.05) is 13.8 Å². The molecule has 0 unspecified atom stereocenters. The first kappa shape index (κ1) is 16.2. The predicted octanol–water partition coefficient (Wildman–Crippen LogP) is 3.55. The average Bonchev–Trinajstić information content (AvgIpc) is 2.89. The van der Waals surface area contributed by atoms with Crippen molar-refractivity contribution in [1.29, 1.82) is 0 Å². The number of aliphatic hydroxyl groups excluding tert-OH is 1. The van der Waals surface area contributed by atoms with Crippen molar-refractivity contribution in [2.45, 2.75) is 52.1 Å². The van der Waals surface area contributed by atoms with Crippen molar-refractivity contribution >= 4 is 0 Å². The van der Waals surface area contributed by atoms with Crippen LogP contribution in [0.3, 0.4) is 0 Å². The Kier molecular flexibility index (Phi) is 5.13. The first-order valence-corrected chi connectivity index (χ1v) is 8.54. The van der Waals surface area contributed by atoms with Gasteiger partial charge in [-0.3, -0.25) is 4.90 Å². The van der Waals surface area contributed by atoms with Gasteiger partial charge in [-0.25, -0.2) is 4.98 Å². The molecule has 0 radical (unpaired) electrons. The molecule has 0 aliphatic heterocycles. The fourth-order valence-electron chi connectivity index (χ4n) is 3.51. The number of aryl methyl sites for hydroxylation is 3. The summed E-state index contributed by atoms with van der Waals surface area (Å²) >= 11 is 0. The molecular weight excluding hydrogens is 288 g/mol. The van der Waals surface area contributed by atoms with Crippen molar-refractivity contribution in [1.82, 2.24) is 9.88 Å². The molecule has 1 N–H and O–H groups in total. The third kappa shape index (κ3) is 3.65. The second kappa shape index (κ2) is 7.28. The zero-order chi connectivity index (χ0) is 16.2. The summed E-state index contributed by atoms with van der Waals surface area (Å²) in [6.45, 7) is 5.72. The van der Waals surface area contributed by atoms with Gasteiger partial charge in [-0.05, 0) is 50.7 Å². The Morgan fingerprint density at radius 3 is 2.87 bits per heavy atom. The lowest BCUT2D eigenvalue weighted by atomic mass is 9.86. The van der Waals surface area contributed by atoms with E-state index < -0.39 is 0 Å². The topological polar surface area (TPSA) is 49.5 Å². The van der Waals surface area contributed by atoms with Crippen LogP contribution in [-0.2, 0) is 13.0 Å². The molecule has 1 aliphatic carbocycles. The third-order valence-electron chi connectivity index (χ3n) is 4.79. The zero-order valence-electron chi connectivity index (χ0n) is 14.1. The largest absolute Gasteiger partial charge is 0.444 e. The molecule has 0 amide bonds. The maximum absolute atomic E-state index is 9.26. The third-order valence-corrected chi connectivity index (χ3v) is 4.79. The molecule has 1 heterocycles. The quantitative estimate of drug-likeness (QED) is 0.886. The Morgan fingerprint density at radius 1 is 1.30 bits per heavy atom. The van der Waals surface area contributed by atoms with Crippen LogP contribution >= 0.6 is 0 Å². The maximum Gasteiger partial charge on any atom is 0.208 e. The van der Waals surface area contributed by atoms with Gasteiger partial charge in [0.15, 0.2) is 0 Å². The highest BCUT2D eigenvalue weighted by Crippen LogP contribution is 2.35. The summed E-state index contributed by atoms with van der Waals surface area (Å²) in [5.41, 5.74) is 3.85. The maximum atomic E-state index is 9.26. The van der Waals surface area contributed by atoms with Crippen LogP contribution in [0.5, 0.6) is 0 Å². The number of fused-ring (bicyclic) bond motifs is 1. The van der Waals surface area contributed by atoms with E-state index in [1.165, 1.54) is 17.5 Å². The fraction of sp³-hybridized carbons (Fsp3) is 0.526. The monoisotopic (exact) mass is 314 g/mol. The Balaban J connectivity index is 1.84. The molecule has 4 heteroatoms. The van der Waals surface area contributed by atoms with Crippen LogP contribution in [0.2, 0.25) is 0 Å². The number of aliphatic hydroxyl groups is 1. The van der Waals surface area contributed by atoms with Gasteiger partial charge in [0, 0.05) is 19.2 Å². The molecule has 3 rings (SSSR count). The van der Waals surface area contributed by atoms with Crippen molar-refractivity contribution in [3.63, 3.8) is 0 Å². The van der Waals surface area contributed by atoms with Gasteiger partial charge in [-0.1, -0.05) is 24.3 Å². The molecule has 1 atom stereocenters. The molecule has 0 saturated heterocycles. The van der Waals surface area contributed by atoms with Crippen LogP contribution in [0.25, 0.3) is 0 Å². The highest BCUT2D eigenvalue weighted by molar-refractivity contribution is 5.32. The highest BCUT2D eigenvalue weighted by Gasteiger charge is 2.26. The second-order valence-electron chi connectivity index (χ2n) is 6.40. The molecular formula is C19H26N2O2. The van der Waals surface area contributed by atoms with Crippen LogP contribution in [-0.4, -0.2) is 28.1 Å². The van der Waals surface area contributed by atoms with Crippen molar-refractivity contribution in [2.75, 3.05) is 13.2 Å². The lowest BCUT2D eigenvalue weighted by molar-refractivity contribution is 0.139. The van der Waals surface area contributed by atoms with Gasteiger partial charge < -0.3 is 9.52 Å². The summed E-state index contributed by atoms with van der Waals surface area (Å²) in [7, 11) is 0. The summed E-state index contributed by atoms with van der Waals surface area (Å²) in [5.74, 6) is 1.67. The first-order valence-electron chi connectivity index (χ1n) is 8.54. The van der Waals surface area contributed by atoms with E-state index in [0.717, 1.165) is 43.2 Å². The molecule has 1 aromatic heterocycles. The highest BCUT2D eigenvalue weighted by atomic mass is 16.4. The lowest BCUT2D eigenvalue weighted by Gasteiger charge is -2.35. The number of hydrogen-bond donors (Lipinski definition) is 1. The van der Waals surface area contributed by atoms with Crippen LogP contribution in [0.1, 0.15) is 53.8 Å². The van der Waals surface area contributed by atoms with Crippen molar-refractivity contribution < 1.29 is 9.52 Å². The van der Waals surface area contributed by atoms with Crippen molar-refractivity contribution in [2.24, 2.45) is 0 Å². The molecule has 0 saturated carbocycles. The summed E-state index contributed by atoms with van der Waals surface area (Å²) in [6.07, 6.45) is 4.30. The minimum absolute atomic E-state index is 0.217. The molecule has 0 spiro atoms. The van der Waals surface area contributed by atoms with Crippen LogP contribution in [0.15, 0.2) is 28.7 Å². The number of rotatable bonds is 6. The van der Waals surface area contributed by atoms with E-state index in [1.54, 1.807) is 0 Å². The number of nitrogens with zero attached hydrogens (tertiary/aromatic N) is 2. The smallest absolute Gasteiger partial charge is 0.208 e. The SMILES string of the molecule is Cc1nc(CN(CCCO)[C@H]2CCCc3ccccc32)oc1C. The van der Waals surface area contributed by atoms with E-state index >= 15 is 0 Å². The second-order valence-corrected chi connectivity index (χ2v) is 6.40. The Bertz CT molecular complexity index is 631. The van der Waals surface area contributed by atoms with Gasteiger partial charge in [-0.2, -0.15) is 0 Å². The average molecular weight is 314 g/mol. The Hall–Kier alpha value is -1.65. The van der Waals surface area contributed by atoms with Gasteiger partial charge in [0.05, 0.1) is 12.2 Å². The summed E-state index contributed by atoms with van der Waals surface area (Å²) in [4.78, 5) is 6.95. The zero-order valence-corrected chi connectivity index (χ0v) is 14.1. The standard InChI is InChI=1S/C19H26N2O2/c1-14-15(2)23-19(20-14)13-21(11-6-12-22)18-10-5-8-16-7-3-4-9-17(16)18/h3-4,7,9,18,22H,5-6,8,10-13H2,1-2H3/t18-/m0/s1. The molecule has 124 valence electrons. The van der Waals surface area contributed by atoms with Gasteiger partial charge in [0.1, 0.15) is 5.76 Å². The van der Waals surface area contributed by atoms with Crippen LogP contribution in [0.4, 0.5) is 0 Å². The number of aromatic nitrogens is 1. The minimum atomic E-state index is 0.217. The van der Waals surface area contributed by atoms with Crippen LogP contribution in [0, 0.1) is 13.8 Å². The van der Waals surface area contributed by atoms with Crippen molar-refractivity contribution in [3.8, 4) is 0 Å². The minimum Gasteiger partial charge on any atom is -0.444 e. The van der Waals surface area contributed by atoms with E-state index in [4.69, 9.17) is 4.42 Å². The number of hydrogen-bond acceptors (Lipinski definition) is 4. The van der Waals surface area contributed by atoms with E-state index in [2.05, 4.69) is 34.1 Å². The van der Waals surface area contributed by atoms with Gasteiger partial charge >= 0.3 is 0 Å². The van der Waals surface area contributed by atoms with E-state index in [-0.39, 0.29) is 6.61 Å². The molecule has 0 bridgehead atoms. The predicted molar refractivity (Wildman–Crippen MR) is 90.2 cm³/mol. The number of oxazole rings is 1. The summed E-state index contributed by atoms with van der Waals surface area (Å²) in [6, 6.07) is 9.13. The summed E-state index contributed by atoms with van der Waals surface area (Å²) < 4.78 is 5.79. The molecule has 1 aromatic carbocycles. The molecule has 4 nitrogen and oxygen atoms in total. The molecule has 1 aliphatic rings. The van der Waals surface area contributed by atoms with Gasteiger partial charge in [-0.15, -0.1) is 0 Å². The van der Waals surface area contributed by atoms with Gasteiger partial charge in [0.25, 0.3) is 0 Å². The lowest BCUT2D eigenvalue weighted by Crippen LogP contribution is -2.32. The van der Waals surface area contributed by atoms with Crippen LogP contribution < -0.4 is 0 Å². The first-order chi connectivity index (χ1) is 11.2. The van der Waals surface area contributed by atoms with E-state index in [0.29, 0.717) is 12.6 Å². The molecule has 23 heavy (non-hydrogen) atoms. The Morgan fingerprint density at radius 2 is 2.13 bits per heavy atom. The Labute approximate surface area is 138 Å². The van der Waals surface area contributed by atoms with Crippen molar-refractivity contribution in [3.05, 3.63) is 52.7 Å². The van der Waals surface area contributed by atoms with Gasteiger partial charge in [0.2, 0.25) is 5.89 Å². The van der Waals surface area contributed by atoms with E-state index in [9.17, 15) is 5.11 Å². The molecule has 0 fully saturated rings. The molecule has 2 aromatic rings. The normalized spacial score (nSPS) is 17.5.